The molecule has 0 aromatic heterocycles. The SMILES string of the molecule is CC1(C)C(CNC2CCC3(CCCC3)CC2)C1(C)C. The molecule has 0 aliphatic heterocycles. The summed E-state index contributed by atoms with van der Waals surface area (Å²) in [6.07, 6.45) is 11.9. The van der Waals surface area contributed by atoms with E-state index in [1.807, 2.05) is 0 Å². The van der Waals surface area contributed by atoms with Crippen LogP contribution in [0.2, 0.25) is 0 Å². The Labute approximate surface area is 119 Å². The Hall–Kier alpha value is -0.0400. The monoisotopic (exact) mass is 263 g/mol. The van der Waals surface area contributed by atoms with Crippen molar-refractivity contribution in [3.05, 3.63) is 0 Å². The van der Waals surface area contributed by atoms with Crippen molar-refractivity contribution in [3.8, 4) is 0 Å². The van der Waals surface area contributed by atoms with Crippen LogP contribution in [0.25, 0.3) is 0 Å². The molecule has 19 heavy (non-hydrogen) atoms. The fraction of sp³-hybridized carbons (Fsp3) is 1.00. The normalized spacial score (nSPS) is 32.8. The maximum absolute atomic E-state index is 3.90. The first-order valence-electron chi connectivity index (χ1n) is 8.61. The second-order valence-electron chi connectivity index (χ2n) is 8.89. The highest BCUT2D eigenvalue weighted by Gasteiger charge is 2.63. The second kappa shape index (κ2) is 4.48. The van der Waals surface area contributed by atoms with E-state index < -0.39 is 0 Å². The molecule has 3 saturated carbocycles. The van der Waals surface area contributed by atoms with Crippen LogP contribution < -0.4 is 5.32 Å². The molecule has 1 N–H and O–H groups in total. The summed E-state index contributed by atoms with van der Waals surface area (Å²) in [7, 11) is 0. The van der Waals surface area contributed by atoms with Gasteiger partial charge >= 0.3 is 0 Å². The minimum atomic E-state index is 0.543. The van der Waals surface area contributed by atoms with Gasteiger partial charge in [0, 0.05) is 6.04 Å². The van der Waals surface area contributed by atoms with E-state index in [9.17, 15) is 0 Å². The third-order valence-corrected chi connectivity index (χ3v) is 7.64. The quantitative estimate of drug-likeness (QED) is 0.774. The van der Waals surface area contributed by atoms with Crippen LogP contribution in [0.15, 0.2) is 0 Å². The lowest BCUT2D eigenvalue weighted by molar-refractivity contribution is 0.167. The fourth-order valence-electron chi connectivity index (χ4n) is 5.19. The molecule has 1 spiro atoms. The predicted octanol–water partition coefficient (Wildman–Crippen LogP) is 4.76. The minimum Gasteiger partial charge on any atom is -0.314 e. The van der Waals surface area contributed by atoms with Gasteiger partial charge in [0.05, 0.1) is 0 Å². The highest BCUT2D eigenvalue weighted by atomic mass is 14.9. The molecule has 0 unspecified atom stereocenters. The molecule has 0 bridgehead atoms. The summed E-state index contributed by atoms with van der Waals surface area (Å²) < 4.78 is 0. The molecular formula is C18H33N. The van der Waals surface area contributed by atoms with Crippen molar-refractivity contribution >= 4 is 0 Å². The first kappa shape index (κ1) is 13.9. The van der Waals surface area contributed by atoms with Gasteiger partial charge in [-0.15, -0.1) is 0 Å². The Morgan fingerprint density at radius 3 is 1.84 bits per heavy atom. The van der Waals surface area contributed by atoms with Crippen molar-refractivity contribution in [1.29, 1.82) is 0 Å². The smallest absolute Gasteiger partial charge is 0.00675 e. The van der Waals surface area contributed by atoms with E-state index in [4.69, 9.17) is 0 Å². The zero-order valence-corrected chi connectivity index (χ0v) is 13.5. The molecule has 0 amide bonds. The number of hydrogen-bond donors (Lipinski definition) is 1. The zero-order valence-electron chi connectivity index (χ0n) is 13.5. The average molecular weight is 263 g/mol. The van der Waals surface area contributed by atoms with Crippen molar-refractivity contribution in [3.63, 3.8) is 0 Å². The molecule has 3 aliphatic carbocycles. The maximum Gasteiger partial charge on any atom is 0.00675 e. The van der Waals surface area contributed by atoms with Crippen LogP contribution in [0.5, 0.6) is 0 Å². The lowest BCUT2D eigenvalue weighted by Crippen LogP contribution is -2.38. The molecule has 3 rings (SSSR count). The van der Waals surface area contributed by atoms with Crippen molar-refractivity contribution < 1.29 is 0 Å². The van der Waals surface area contributed by atoms with Gasteiger partial charge in [-0.25, -0.2) is 0 Å². The molecule has 1 heteroatoms. The third kappa shape index (κ3) is 2.26. The van der Waals surface area contributed by atoms with E-state index >= 15 is 0 Å². The van der Waals surface area contributed by atoms with Crippen LogP contribution in [0.3, 0.4) is 0 Å². The van der Waals surface area contributed by atoms with E-state index in [0.717, 1.165) is 17.4 Å². The van der Waals surface area contributed by atoms with Crippen LogP contribution >= 0.6 is 0 Å². The molecule has 3 fully saturated rings. The summed E-state index contributed by atoms with van der Waals surface area (Å²) in [5.41, 5.74) is 1.87. The van der Waals surface area contributed by atoms with Gasteiger partial charge in [0.15, 0.2) is 0 Å². The largest absolute Gasteiger partial charge is 0.314 e. The first-order valence-corrected chi connectivity index (χ1v) is 8.61. The summed E-state index contributed by atoms with van der Waals surface area (Å²) in [6.45, 7) is 11.0. The molecule has 0 heterocycles. The van der Waals surface area contributed by atoms with Crippen LogP contribution in [0.1, 0.15) is 79.1 Å². The van der Waals surface area contributed by atoms with Crippen LogP contribution in [0, 0.1) is 22.2 Å². The van der Waals surface area contributed by atoms with E-state index in [1.54, 1.807) is 0 Å². The highest BCUT2D eigenvalue weighted by molar-refractivity contribution is 5.13. The molecule has 0 aromatic carbocycles. The first-order chi connectivity index (χ1) is 8.87. The maximum atomic E-state index is 3.90. The fourth-order valence-corrected chi connectivity index (χ4v) is 5.19. The number of rotatable bonds is 3. The summed E-state index contributed by atoms with van der Waals surface area (Å²) in [5.74, 6) is 0.877. The van der Waals surface area contributed by atoms with Gasteiger partial charge in [-0.05, 0) is 67.2 Å². The topological polar surface area (TPSA) is 12.0 Å². The van der Waals surface area contributed by atoms with Crippen molar-refractivity contribution in [1.82, 2.24) is 5.32 Å². The Morgan fingerprint density at radius 2 is 1.37 bits per heavy atom. The van der Waals surface area contributed by atoms with Crippen LogP contribution in [0.4, 0.5) is 0 Å². The minimum absolute atomic E-state index is 0.543. The van der Waals surface area contributed by atoms with Crippen molar-refractivity contribution in [2.24, 2.45) is 22.2 Å². The highest BCUT2D eigenvalue weighted by Crippen LogP contribution is 2.68. The van der Waals surface area contributed by atoms with Gasteiger partial charge in [-0.3, -0.25) is 0 Å². The molecular weight excluding hydrogens is 230 g/mol. The zero-order chi connectivity index (χ0) is 13.7. The van der Waals surface area contributed by atoms with Crippen LogP contribution in [-0.4, -0.2) is 12.6 Å². The Bertz CT molecular complexity index is 312. The summed E-state index contributed by atoms with van der Waals surface area (Å²) in [5, 5.41) is 3.90. The summed E-state index contributed by atoms with van der Waals surface area (Å²) in [4.78, 5) is 0. The molecule has 0 aromatic rings. The summed E-state index contributed by atoms with van der Waals surface area (Å²) in [6, 6.07) is 0.818. The lowest BCUT2D eigenvalue weighted by atomic mass is 9.71. The van der Waals surface area contributed by atoms with Gasteiger partial charge in [0.1, 0.15) is 0 Å². The second-order valence-corrected chi connectivity index (χ2v) is 8.89. The van der Waals surface area contributed by atoms with Crippen molar-refractivity contribution in [2.45, 2.75) is 85.1 Å². The van der Waals surface area contributed by atoms with Gasteiger partial charge in [0.25, 0.3) is 0 Å². The van der Waals surface area contributed by atoms with Gasteiger partial charge in [-0.1, -0.05) is 40.5 Å². The van der Waals surface area contributed by atoms with Gasteiger partial charge < -0.3 is 5.32 Å². The number of hydrogen-bond acceptors (Lipinski definition) is 1. The Morgan fingerprint density at radius 1 is 0.842 bits per heavy atom. The van der Waals surface area contributed by atoms with E-state index in [-0.39, 0.29) is 0 Å². The molecule has 0 atom stereocenters. The standard InChI is InChI=1S/C18H33N/c1-16(2)15(17(16,3)4)13-19-14-7-11-18(12-8-14)9-5-6-10-18/h14-15,19H,5-13H2,1-4H3. The molecule has 110 valence electrons. The van der Waals surface area contributed by atoms with E-state index in [1.165, 1.54) is 57.9 Å². The Kier molecular flexibility index (Phi) is 3.28. The molecule has 0 radical (unpaired) electrons. The van der Waals surface area contributed by atoms with Crippen molar-refractivity contribution in [2.75, 3.05) is 6.54 Å². The van der Waals surface area contributed by atoms with Gasteiger partial charge in [-0.2, -0.15) is 0 Å². The summed E-state index contributed by atoms with van der Waals surface area (Å²) >= 11 is 0. The third-order valence-electron chi connectivity index (χ3n) is 7.64. The van der Waals surface area contributed by atoms with Gasteiger partial charge in [0.2, 0.25) is 0 Å². The predicted molar refractivity (Wildman–Crippen MR) is 82.2 cm³/mol. The lowest BCUT2D eigenvalue weighted by Gasteiger charge is -2.37. The van der Waals surface area contributed by atoms with E-state index in [0.29, 0.717) is 10.8 Å². The van der Waals surface area contributed by atoms with Crippen LogP contribution in [-0.2, 0) is 0 Å². The molecule has 3 aliphatic rings. The Balaban J connectivity index is 1.44. The number of nitrogens with one attached hydrogen (secondary N) is 1. The average Bonchev–Trinajstić information content (AvgIpc) is 2.72. The molecule has 1 nitrogen and oxygen atoms in total. The molecule has 0 saturated heterocycles. The van der Waals surface area contributed by atoms with E-state index in [2.05, 4.69) is 33.0 Å².